The van der Waals surface area contributed by atoms with Gasteiger partial charge in [0.15, 0.2) is 11.3 Å². The average Bonchev–Trinajstić information content (AvgIpc) is 3.44. The Kier molecular flexibility index (Phi) is 4.07. The molecule has 0 fully saturated rings. The van der Waals surface area contributed by atoms with E-state index in [4.69, 9.17) is 19.6 Å². The van der Waals surface area contributed by atoms with E-state index in [1.54, 1.807) is 17.8 Å². The van der Waals surface area contributed by atoms with Gasteiger partial charge in [-0.05, 0) is 39.0 Å². The Morgan fingerprint density at radius 1 is 0.818 bits per heavy atom. The van der Waals surface area contributed by atoms with E-state index >= 15 is 0 Å². The van der Waals surface area contributed by atoms with Crippen LogP contribution in [0.15, 0.2) is 61.1 Å². The van der Waals surface area contributed by atoms with Crippen molar-refractivity contribution < 1.29 is 9.47 Å². The number of fused-ring (bicyclic) bond motifs is 6. The maximum absolute atomic E-state index is 6.23. The summed E-state index contributed by atoms with van der Waals surface area (Å²) in [4.78, 5) is 9.15. The fourth-order valence-electron chi connectivity index (χ4n) is 4.15. The fraction of sp³-hybridized carbons (Fsp3) is 0.200. The van der Waals surface area contributed by atoms with E-state index in [1.807, 2.05) is 80.1 Å². The molecule has 0 aliphatic heterocycles. The molecule has 0 atom stereocenters. The summed E-state index contributed by atoms with van der Waals surface area (Å²) >= 11 is 0. The van der Waals surface area contributed by atoms with Crippen molar-refractivity contribution in [3.63, 3.8) is 0 Å². The van der Waals surface area contributed by atoms with Gasteiger partial charge < -0.3 is 9.47 Å². The number of imidazole rings is 2. The summed E-state index contributed by atoms with van der Waals surface area (Å²) in [6, 6.07) is 14.2. The molecule has 0 amide bonds. The monoisotopic (exact) mass is 438 g/mol. The summed E-state index contributed by atoms with van der Waals surface area (Å²) in [5.74, 6) is 1.10. The number of methoxy groups -OCH3 is 1. The van der Waals surface area contributed by atoms with E-state index in [2.05, 4.69) is 10.1 Å². The normalized spacial score (nSPS) is 12.2. The Hall–Kier alpha value is -4.20. The van der Waals surface area contributed by atoms with Crippen molar-refractivity contribution in [1.29, 1.82) is 0 Å². The van der Waals surface area contributed by atoms with Crippen LogP contribution in [-0.2, 0) is 0 Å². The molecule has 0 N–H and O–H groups in total. The number of nitrogens with zero attached hydrogens (tertiary/aromatic N) is 6. The summed E-state index contributed by atoms with van der Waals surface area (Å²) in [6.45, 7) is 6.05. The number of hydrogen-bond donors (Lipinski definition) is 0. The van der Waals surface area contributed by atoms with Crippen LogP contribution in [0.2, 0.25) is 0 Å². The Balaban J connectivity index is 1.62. The van der Waals surface area contributed by atoms with Crippen LogP contribution < -0.4 is 9.47 Å². The zero-order chi connectivity index (χ0) is 22.7. The fourth-order valence-corrected chi connectivity index (χ4v) is 4.15. The molecular weight excluding hydrogens is 416 g/mol. The highest BCUT2D eigenvalue weighted by molar-refractivity contribution is 6.00. The van der Waals surface area contributed by atoms with Gasteiger partial charge >= 0.3 is 0 Å². The van der Waals surface area contributed by atoms with Crippen LogP contribution >= 0.6 is 0 Å². The van der Waals surface area contributed by atoms with Gasteiger partial charge in [0.25, 0.3) is 0 Å². The van der Waals surface area contributed by atoms with E-state index in [0.29, 0.717) is 11.8 Å². The minimum absolute atomic E-state index is 0.387. The zero-order valence-corrected chi connectivity index (χ0v) is 18.8. The van der Waals surface area contributed by atoms with E-state index < -0.39 is 0 Å². The summed E-state index contributed by atoms with van der Waals surface area (Å²) in [5.41, 5.74) is 2.95. The number of ether oxygens (including phenoxy) is 2. The van der Waals surface area contributed by atoms with Crippen molar-refractivity contribution in [3.8, 4) is 23.0 Å². The predicted molar refractivity (Wildman–Crippen MR) is 127 cm³/mol. The van der Waals surface area contributed by atoms with Crippen LogP contribution in [0.1, 0.15) is 20.8 Å². The minimum Gasteiger partial charge on any atom is -0.480 e. The van der Waals surface area contributed by atoms with Crippen molar-refractivity contribution in [2.75, 3.05) is 7.11 Å². The molecular formula is C25H22N6O2. The van der Waals surface area contributed by atoms with Gasteiger partial charge in [0.2, 0.25) is 11.8 Å². The van der Waals surface area contributed by atoms with Crippen molar-refractivity contribution in [3.05, 3.63) is 61.1 Å². The molecule has 0 unspecified atom stereocenters. The maximum Gasteiger partial charge on any atom is 0.240 e. The number of aromatic nitrogens is 6. The lowest BCUT2D eigenvalue weighted by Gasteiger charge is -2.21. The molecule has 6 aromatic rings. The quantitative estimate of drug-likeness (QED) is 0.390. The Bertz CT molecular complexity index is 1680. The van der Waals surface area contributed by atoms with E-state index in [0.717, 1.165) is 44.1 Å². The molecule has 0 saturated carbocycles. The van der Waals surface area contributed by atoms with E-state index in [1.165, 1.54) is 0 Å². The predicted octanol–water partition coefficient (Wildman–Crippen LogP) is 4.93. The second-order valence-electron chi connectivity index (χ2n) is 8.91. The second-order valence-corrected chi connectivity index (χ2v) is 8.91. The number of hydrogen-bond acceptors (Lipinski definition) is 6. The molecule has 33 heavy (non-hydrogen) atoms. The maximum atomic E-state index is 6.23. The highest BCUT2D eigenvalue weighted by atomic mass is 16.5. The molecule has 4 heterocycles. The summed E-state index contributed by atoms with van der Waals surface area (Å²) in [5, 5.41) is 13.1. The van der Waals surface area contributed by atoms with Gasteiger partial charge in [0.1, 0.15) is 5.60 Å². The van der Waals surface area contributed by atoms with Crippen LogP contribution in [-0.4, -0.2) is 41.9 Å². The molecule has 8 heteroatoms. The largest absolute Gasteiger partial charge is 0.480 e. The molecule has 6 rings (SSSR count). The topological polar surface area (TPSA) is 78.8 Å². The van der Waals surface area contributed by atoms with Gasteiger partial charge in [0, 0.05) is 39.5 Å². The van der Waals surface area contributed by atoms with E-state index in [9.17, 15) is 0 Å². The van der Waals surface area contributed by atoms with Crippen molar-refractivity contribution in [1.82, 2.24) is 29.2 Å². The third-order valence-corrected chi connectivity index (χ3v) is 5.53. The van der Waals surface area contributed by atoms with Gasteiger partial charge in [-0.2, -0.15) is 0 Å². The Morgan fingerprint density at radius 3 is 2.39 bits per heavy atom. The molecule has 8 nitrogen and oxygen atoms in total. The number of benzene rings is 2. The highest BCUT2D eigenvalue weighted by Gasteiger charge is 2.20. The molecule has 0 aliphatic rings. The molecule has 0 aliphatic carbocycles. The van der Waals surface area contributed by atoms with Crippen molar-refractivity contribution in [2.45, 2.75) is 26.4 Å². The van der Waals surface area contributed by atoms with Gasteiger partial charge in [0.05, 0.1) is 19.0 Å². The van der Waals surface area contributed by atoms with Gasteiger partial charge in [-0.3, -0.25) is 0 Å². The van der Waals surface area contributed by atoms with Crippen LogP contribution in [0.5, 0.6) is 11.8 Å². The molecule has 0 spiro atoms. The number of rotatable bonds is 3. The molecule has 0 saturated heterocycles. The summed E-state index contributed by atoms with van der Waals surface area (Å²) in [6.07, 6.45) is 5.37. The first-order valence-electron chi connectivity index (χ1n) is 10.7. The SMILES string of the molecule is COc1nn2ccnc2c2ccc(-c3cnc4c5ccccc5c(OC(C)(C)C)nn34)cc12. The molecule has 2 aromatic carbocycles. The Labute approximate surface area is 189 Å². The lowest BCUT2D eigenvalue weighted by molar-refractivity contribution is 0.124. The molecule has 0 radical (unpaired) electrons. The first-order valence-corrected chi connectivity index (χ1v) is 10.7. The van der Waals surface area contributed by atoms with Crippen molar-refractivity contribution >= 4 is 32.8 Å². The standard InChI is InChI=1S/C25H22N6O2/c1-25(2,3)33-24-18-8-6-5-7-16(18)22-27-14-20(31(22)29-24)15-9-10-17-19(13-15)23(32-4)28-30-12-11-26-21(17)30/h5-14H,1-4H3. The van der Waals surface area contributed by atoms with Crippen LogP contribution in [0.25, 0.3) is 44.1 Å². The van der Waals surface area contributed by atoms with E-state index in [-0.39, 0.29) is 5.60 Å². The van der Waals surface area contributed by atoms with Gasteiger partial charge in [-0.25, -0.2) is 19.0 Å². The Morgan fingerprint density at radius 2 is 1.61 bits per heavy atom. The van der Waals surface area contributed by atoms with Crippen molar-refractivity contribution in [2.24, 2.45) is 0 Å². The first kappa shape index (κ1) is 19.5. The molecule has 0 bridgehead atoms. The third kappa shape index (κ3) is 3.06. The second kappa shape index (κ2) is 6.90. The lowest BCUT2D eigenvalue weighted by Crippen LogP contribution is -2.24. The first-order chi connectivity index (χ1) is 15.9. The van der Waals surface area contributed by atoms with Gasteiger partial charge in [-0.1, -0.05) is 24.3 Å². The zero-order valence-electron chi connectivity index (χ0n) is 18.8. The average molecular weight is 438 g/mol. The lowest BCUT2D eigenvalue weighted by atomic mass is 10.1. The summed E-state index contributed by atoms with van der Waals surface area (Å²) in [7, 11) is 1.62. The van der Waals surface area contributed by atoms with Crippen LogP contribution in [0.4, 0.5) is 0 Å². The van der Waals surface area contributed by atoms with Crippen LogP contribution in [0.3, 0.4) is 0 Å². The third-order valence-electron chi connectivity index (χ3n) is 5.53. The van der Waals surface area contributed by atoms with Crippen LogP contribution in [0, 0.1) is 0 Å². The highest BCUT2D eigenvalue weighted by Crippen LogP contribution is 2.34. The minimum atomic E-state index is -0.387. The molecule has 4 aromatic heterocycles. The smallest absolute Gasteiger partial charge is 0.240 e. The summed E-state index contributed by atoms with van der Waals surface area (Å²) < 4.78 is 15.4. The van der Waals surface area contributed by atoms with Gasteiger partial charge in [-0.15, -0.1) is 10.2 Å². The molecule has 164 valence electrons.